The molecule has 0 aliphatic heterocycles. The van der Waals surface area contributed by atoms with Gasteiger partial charge >= 0.3 is 0 Å². The van der Waals surface area contributed by atoms with Gasteiger partial charge in [-0.2, -0.15) is 0 Å². The lowest BCUT2D eigenvalue weighted by molar-refractivity contribution is 0.112. The van der Waals surface area contributed by atoms with Crippen LogP contribution in [0.1, 0.15) is 10.4 Å². The first kappa shape index (κ1) is 11.9. The molecular formula is C15H8ClFO2. The van der Waals surface area contributed by atoms with E-state index in [0.717, 1.165) is 5.39 Å². The van der Waals surface area contributed by atoms with Crippen molar-refractivity contribution in [1.29, 1.82) is 0 Å². The first-order valence-corrected chi connectivity index (χ1v) is 5.99. The Hall–Kier alpha value is -2.13. The molecule has 0 fully saturated rings. The van der Waals surface area contributed by atoms with Crippen molar-refractivity contribution in [3.05, 3.63) is 58.9 Å². The van der Waals surface area contributed by atoms with Crippen LogP contribution in [0.15, 0.2) is 46.9 Å². The summed E-state index contributed by atoms with van der Waals surface area (Å²) in [4.78, 5) is 10.6. The van der Waals surface area contributed by atoms with Gasteiger partial charge in [0.15, 0.2) is 6.29 Å². The van der Waals surface area contributed by atoms with E-state index in [9.17, 15) is 9.18 Å². The zero-order valence-electron chi connectivity index (χ0n) is 9.69. The second kappa shape index (κ2) is 4.52. The van der Waals surface area contributed by atoms with Crippen molar-refractivity contribution in [3.8, 4) is 11.3 Å². The third-order valence-corrected chi connectivity index (χ3v) is 3.13. The Morgan fingerprint density at radius 2 is 1.95 bits per heavy atom. The minimum absolute atomic E-state index is 0.0305. The highest BCUT2D eigenvalue weighted by Gasteiger charge is 2.09. The largest absolute Gasteiger partial charge is 0.456 e. The molecule has 19 heavy (non-hydrogen) atoms. The Balaban J connectivity index is 2.13. The van der Waals surface area contributed by atoms with Crippen molar-refractivity contribution in [3.63, 3.8) is 0 Å². The van der Waals surface area contributed by atoms with Crippen LogP contribution in [0.5, 0.6) is 0 Å². The Kier molecular flexibility index (Phi) is 2.84. The SMILES string of the molecule is O=Cc1ccc(-c2cc3cc(Cl)ccc3o2)cc1F. The maximum Gasteiger partial charge on any atom is 0.152 e. The molecule has 0 aliphatic carbocycles. The van der Waals surface area contributed by atoms with E-state index in [-0.39, 0.29) is 5.56 Å². The van der Waals surface area contributed by atoms with Gasteiger partial charge < -0.3 is 4.42 Å². The predicted molar refractivity (Wildman–Crippen MR) is 72.0 cm³/mol. The van der Waals surface area contributed by atoms with Crippen LogP contribution >= 0.6 is 11.6 Å². The molecule has 0 unspecified atom stereocenters. The van der Waals surface area contributed by atoms with Gasteiger partial charge in [0.2, 0.25) is 0 Å². The maximum absolute atomic E-state index is 13.6. The average molecular weight is 275 g/mol. The quantitative estimate of drug-likeness (QED) is 0.634. The van der Waals surface area contributed by atoms with Gasteiger partial charge in [0, 0.05) is 16.0 Å². The number of hydrogen-bond acceptors (Lipinski definition) is 2. The van der Waals surface area contributed by atoms with Crippen LogP contribution < -0.4 is 0 Å². The minimum Gasteiger partial charge on any atom is -0.456 e. The number of benzene rings is 2. The van der Waals surface area contributed by atoms with Crippen LogP contribution in [0.2, 0.25) is 5.02 Å². The molecule has 3 aromatic rings. The third-order valence-electron chi connectivity index (χ3n) is 2.89. The van der Waals surface area contributed by atoms with Crippen LogP contribution in [-0.4, -0.2) is 6.29 Å². The molecule has 0 N–H and O–H groups in total. The first-order valence-electron chi connectivity index (χ1n) is 5.61. The summed E-state index contributed by atoms with van der Waals surface area (Å²) in [5.41, 5.74) is 1.29. The third kappa shape index (κ3) is 2.13. The van der Waals surface area contributed by atoms with Crippen molar-refractivity contribution in [2.24, 2.45) is 0 Å². The Morgan fingerprint density at radius 1 is 1.11 bits per heavy atom. The van der Waals surface area contributed by atoms with Gasteiger partial charge in [-0.25, -0.2) is 4.39 Å². The Morgan fingerprint density at radius 3 is 2.68 bits per heavy atom. The molecule has 0 aliphatic rings. The van der Waals surface area contributed by atoms with Gasteiger partial charge in [-0.3, -0.25) is 4.79 Å². The normalized spacial score (nSPS) is 10.8. The van der Waals surface area contributed by atoms with Crippen molar-refractivity contribution in [2.45, 2.75) is 0 Å². The van der Waals surface area contributed by atoms with Gasteiger partial charge in [-0.1, -0.05) is 17.7 Å². The van der Waals surface area contributed by atoms with E-state index in [1.807, 2.05) is 0 Å². The summed E-state index contributed by atoms with van der Waals surface area (Å²) in [6, 6.07) is 11.4. The van der Waals surface area contributed by atoms with E-state index in [1.165, 1.54) is 12.1 Å². The summed E-state index contributed by atoms with van der Waals surface area (Å²) in [6.07, 6.45) is 0.484. The number of carbonyl (C=O) groups excluding carboxylic acids is 1. The smallest absolute Gasteiger partial charge is 0.152 e. The van der Waals surface area contributed by atoms with E-state index in [0.29, 0.717) is 28.2 Å². The summed E-state index contributed by atoms with van der Waals surface area (Å²) in [6.45, 7) is 0. The van der Waals surface area contributed by atoms with E-state index in [1.54, 1.807) is 30.3 Å². The molecule has 2 nitrogen and oxygen atoms in total. The standard InChI is InChI=1S/C15H8ClFO2/c16-12-3-4-14-11(5-12)7-15(19-14)9-1-2-10(8-18)13(17)6-9/h1-8H. The first-order chi connectivity index (χ1) is 9.17. The lowest BCUT2D eigenvalue weighted by Gasteiger charge is -1.98. The van der Waals surface area contributed by atoms with E-state index < -0.39 is 5.82 Å². The number of halogens is 2. The Labute approximate surface area is 113 Å². The van der Waals surface area contributed by atoms with Crippen LogP contribution in [0.25, 0.3) is 22.3 Å². The van der Waals surface area contributed by atoms with Crippen molar-refractivity contribution < 1.29 is 13.6 Å². The zero-order valence-corrected chi connectivity index (χ0v) is 10.4. The van der Waals surface area contributed by atoms with Gasteiger partial charge in [0.05, 0.1) is 5.56 Å². The molecule has 4 heteroatoms. The molecule has 0 spiro atoms. The number of fused-ring (bicyclic) bond motifs is 1. The molecule has 0 amide bonds. The van der Waals surface area contributed by atoms with Crippen LogP contribution in [-0.2, 0) is 0 Å². The Bertz CT molecular complexity index is 777. The molecular weight excluding hydrogens is 267 g/mol. The van der Waals surface area contributed by atoms with Gasteiger partial charge in [-0.05, 0) is 36.4 Å². The molecule has 94 valence electrons. The maximum atomic E-state index is 13.6. The highest BCUT2D eigenvalue weighted by molar-refractivity contribution is 6.31. The number of hydrogen-bond donors (Lipinski definition) is 0. The molecule has 2 aromatic carbocycles. The van der Waals surface area contributed by atoms with Gasteiger partial charge in [-0.15, -0.1) is 0 Å². The van der Waals surface area contributed by atoms with Crippen LogP contribution in [0, 0.1) is 5.82 Å². The second-order valence-corrected chi connectivity index (χ2v) is 4.58. The molecule has 0 atom stereocenters. The van der Waals surface area contributed by atoms with Crippen LogP contribution in [0.4, 0.5) is 4.39 Å². The van der Waals surface area contributed by atoms with Crippen molar-refractivity contribution in [2.75, 3.05) is 0 Å². The number of rotatable bonds is 2. The van der Waals surface area contributed by atoms with Gasteiger partial charge in [0.1, 0.15) is 17.2 Å². The monoisotopic (exact) mass is 274 g/mol. The zero-order chi connectivity index (χ0) is 13.4. The number of furan rings is 1. The topological polar surface area (TPSA) is 30.2 Å². The van der Waals surface area contributed by atoms with Crippen molar-refractivity contribution >= 4 is 28.9 Å². The average Bonchev–Trinajstić information content (AvgIpc) is 2.81. The van der Waals surface area contributed by atoms with E-state index in [4.69, 9.17) is 16.0 Å². The summed E-state index contributed by atoms with van der Waals surface area (Å²) in [5, 5.41) is 1.46. The highest BCUT2D eigenvalue weighted by atomic mass is 35.5. The fraction of sp³-hybridized carbons (Fsp3) is 0. The molecule has 1 heterocycles. The molecule has 0 saturated carbocycles. The summed E-state index contributed by atoms with van der Waals surface area (Å²) in [7, 11) is 0. The highest BCUT2D eigenvalue weighted by Crippen LogP contribution is 2.30. The lowest BCUT2D eigenvalue weighted by atomic mass is 10.1. The van der Waals surface area contributed by atoms with E-state index >= 15 is 0 Å². The molecule has 3 rings (SSSR count). The molecule has 0 saturated heterocycles. The van der Waals surface area contributed by atoms with Crippen LogP contribution in [0.3, 0.4) is 0 Å². The number of carbonyl (C=O) groups is 1. The predicted octanol–water partition coefficient (Wildman–Crippen LogP) is 4.70. The fourth-order valence-corrected chi connectivity index (χ4v) is 2.11. The van der Waals surface area contributed by atoms with Crippen molar-refractivity contribution in [1.82, 2.24) is 0 Å². The molecule has 1 aromatic heterocycles. The fourth-order valence-electron chi connectivity index (χ4n) is 1.93. The molecule has 0 bridgehead atoms. The summed E-state index contributed by atoms with van der Waals surface area (Å²) < 4.78 is 19.2. The van der Waals surface area contributed by atoms with E-state index in [2.05, 4.69) is 0 Å². The second-order valence-electron chi connectivity index (χ2n) is 4.15. The summed E-state index contributed by atoms with van der Waals surface area (Å²) in [5.74, 6) is -0.0281. The van der Waals surface area contributed by atoms with Gasteiger partial charge in [0.25, 0.3) is 0 Å². The summed E-state index contributed by atoms with van der Waals surface area (Å²) >= 11 is 5.90. The number of aldehydes is 1. The lowest BCUT2D eigenvalue weighted by Crippen LogP contribution is -1.87. The molecule has 0 radical (unpaired) electrons. The minimum atomic E-state index is -0.564.